The van der Waals surface area contributed by atoms with E-state index in [0.29, 0.717) is 6.07 Å². The summed E-state index contributed by atoms with van der Waals surface area (Å²) in [6.07, 6.45) is 2.68. The average molecular weight is 348 g/mol. The highest BCUT2D eigenvalue weighted by molar-refractivity contribution is 9.10. The van der Waals surface area contributed by atoms with Crippen LogP contribution in [-0.2, 0) is 0 Å². The highest BCUT2D eigenvalue weighted by atomic mass is 79.9. The van der Waals surface area contributed by atoms with Crippen molar-refractivity contribution < 1.29 is 13.6 Å². The molecule has 2 rings (SSSR count). The number of hydrogen-bond donors (Lipinski definition) is 1. The zero-order valence-corrected chi connectivity index (χ0v) is 11.6. The van der Waals surface area contributed by atoms with E-state index >= 15 is 0 Å². The highest BCUT2D eigenvalue weighted by Crippen LogP contribution is 2.27. The fourth-order valence-electron chi connectivity index (χ4n) is 1.40. The molecule has 0 unspecified atom stereocenters. The number of nitrogens with zero attached hydrogens (tertiary/aromatic N) is 1. The number of carbonyl (C=O) groups excluding carboxylic acids is 1. The second-order valence-electron chi connectivity index (χ2n) is 3.55. The fraction of sp³-hybridized carbons (Fsp3) is 0. The molecule has 1 aromatic heterocycles. The lowest BCUT2D eigenvalue weighted by Crippen LogP contribution is -2.14. The quantitative estimate of drug-likeness (QED) is 0.891. The molecule has 7 heteroatoms. The SMILES string of the molecule is O=C(Nc1c(F)cc(F)cc1Br)c1ccncc1Cl. The third-order valence-electron chi connectivity index (χ3n) is 2.26. The molecule has 0 spiro atoms. The van der Waals surface area contributed by atoms with Crippen molar-refractivity contribution in [2.45, 2.75) is 0 Å². The van der Waals surface area contributed by atoms with Crippen molar-refractivity contribution in [2.24, 2.45) is 0 Å². The van der Waals surface area contributed by atoms with Crippen molar-refractivity contribution in [1.82, 2.24) is 4.98 Å². The average Bonchev–Trinajstić information content (AvgIpc) is 2.34. The van der Waals surface area contributed by atoms with Gasteiger partial charge in [0.1, 0.15) is 5.82 Å². The summed E-state index contributed by atoms with van der Waals surface area (Å²) < 4.78 is 26.6. The first-order valence-electron chi connectivity index (χ1n) is 5.04. The van der Waals surface area contributed by atoms with Crippen LogP contribution in [-0.4, -0.2) is 10.9 Å². The van der Waals surface area contributed by atoms with Gasteiger partial charge in [-0.25, -0.2) is 8.78 Å². The van der Waals surface area contributed by atoms with Gasteiger partial charge in [-0.05, 0) is 28.1 Å². The predicted molar refractivity (Wildman–Crippen MR) is 71.3 cm³/mol. The standard InChI is InChI=1S/C12H6BrClF2N2O/c13-8-3-6(15)4-10(16)11(8)18-12(19)7-1-2-17-5-9(7)14/h1-5H,(H,18,19). The molecule has 0 bridgehead atoms. The van der Waals surface area contributed by atoms with Gasteiger partial charge in [-0.1, -0.05) is 11.6 Å². The van der Waals surface area contributed by atoms with E-state index in [-0.39, 0.29) is 20.7 Å². The molecular formula is C12H6BrClF2N2O. The lowest BCUT2D eigenvalue weighted by atomic mass is 10.2. The largest absolute Gasteiger partial charge is 0.318 e. The maximum Gasteiger partial charge on any atom is 0.257 e. The van der Waals surface area contributed by atoms with Gasteiger partial charge in [0, 0.05) is 22.9 Å². The lowest BCUT2D eigenvalue weighted by molar-refractivity contribution is 0.102. The van der Waals surface area contributed by atoms with Crippen LogP contribution in [0.5, 0.6) is 0 Å². The second kappa shape index (κ2) is 5.63. The molecule has 0 aliphatic heterocycles. The van der Waals surface area contributed by atoms with E-state index in [9.17, 15) is 13.6 Å². The first kappa shape index (κ1) is 13.9. The molecule has 0 saturated heterocycles. The minimum absolute atomic E-state index is 0.100. The van der Waals surface area contributed by atoms with Gasteiger partial charge in [-0.3, -0.25) is 9.78 Å². The third-order valence-corrected chi connectivity index (χ3v) is 3.19. The lowest BCUT2D eigenvalue weighted by Gasteiger charge is -2.09. The van der Waals surface area contributed by atoms with E-state index in [2.05, 4.69) is 26.2 Å². The zero-order chi connectivity index (χ0) is 14.0. The minimum Gasteiger partial charge on any atom is -0.318 e. The van der Waals surface area contributed by atoms with Crippen LogP contribution in [0.2, 0.25) is 5.02 Å². The Bertz CT molecular complexity index is 628. The maximum absolute atomic E-state index is 13.6. The van der Waals surface area contributed by atoms with Gasteiger partial charge in [-0.15, -0.1) is 0 Å². The molecule has 2 aromatic rings. The molecule has 0 saturated carbocycles. The molecule has 1 heterocycles. The first-order valence-corrected chi connectivity index (χ1v) is 6.21. The Hall–Kier alpha value is -1.53. The van der Waals surface area contributed by atoms with Gasteiger partial charge in [0.15, 0.2) is 5.82 Å². The monoisotopic (exact) mass is 346 g/mol. The van der Waals surface area contributed by atoms with Crippen LogP contribution >= 0.6 is 27.5 Å². The number of pyridine rings is 1. The summed E-state index contributed by atoms with van der Waals surface area (Å²) in [6, 6.07) is 3.12. The molecule has 3 nitrogen and oxygen atoms in total. The number of rotatable bonds is 2. The normalized spacial score (nSPS) is 10.3. The summed E-state index contributed by atoms with van der Waals surface area (Å²) in [7, 11) is 0. The van der Waals surface area contributed by atoms with Crippen LogP contribution in [0.4, 0.5) is 14.5 Å². The number of benzene rings is 1. The van der Waals surface area contributed by atoms with Gasteiger partial charge >= 0.3 is 0 Å². The second-order valence-corrected chi connectivity index (χ2v) is 4.82. The smallest absolute Gasteiger partial charge is 0.257 e. The van der Waals surface area contributed by atoms with Crippen molar-refractivity contribution in [3.63, 3.8) is 0 Å². The summed E-state index contributed by atoms with van der Waals surface area (Å²) in [4.78, 5) is 15.7. The Labute approximate surface area is 120 Å². The maximum atomic E-state index is 13.6. The minimum atomic E-state index is -0.884. The van der Waals surface area contributed by atoms with Crippen molar-refractivity contribution in [1.29, 1.82) is 0 Å². The van der Waals surface area contributed by atoms with E-state index in [4.69, 9.17) is 11.6 Å². The van der Waals surface area contributed by atoms with Gasteiger partial charge < -0.3 is 5.32 Å². The van der Waals surface area contributed by atoms with Crippen LogP contribution < -0.4 is 5.32 Å². The van der Waals surface area contributed by atoms with Crippen molar-refractivity contribution in [3.05, 3.63) is 57.3 Å². The van der Waals surface area contributed by atoms with E-state index < -0.39 is 17.5 Å². The number of amides is 1. The predicted octanol–water partition coefficient (Wildman–Crippen LogP) is 4.03. The van der Waals surface area contributed by atoms with Gasteiger partial charge in [0.05, 0.1) is 16.3 Å². The van der Waals surface area contributed by atoms with E-state index in [1.54, 1.807) is 0 Å². The molecule has 0 aliphatic carbocycles. The summed E-state index contributed by atoms with van der Waals surface area (Å²) in [6.45, 7) is 0. The Balaban J connectivity index is 2.32. The number of halogens is 4. The van der Waals surface area contributed by atoms with Gasteiger partial charge in [-0.2, -0.15) is 0 Å². The molecule has 0 aliphatic rings. The van der Waals surface area contributed by atoms with E-state index in [1.807, 2.05) is 0 Å². The molecule has 98 valence electrons. The van der Waals surface area contributed by atoms with Crippen LogP contribution in [0.3, 0.4) is 0 Å². The molecule has 19 heavy (non-hydrogen) atoms. The summed E-state index contributed by atoms with van der Waals surface area (Å²) in [5, 5.41) is 2.46. The van der Waals surface area contributed by atoms with Crippen LogP contribution in [0.15, 0.2) is 35.1 Å². The Kier molecular flexibility index (Phi) is 4.11. The van der Waals surface area contributed by atoms with Crippen molar-refractivity contribution in [2.75, 3.05) is 5.32 Å². The highest BCUT2D eigenvalue weighted by Gasteiger charge is 2.15. The van der Waals surface area contributed by atoms with E-state index in [1.165, 1.54) is 18.5 Å². The van der Waals surface area contributed by atoms with Crippen molar-refractivity contribution in [3.8, 4) is 0 Å². The van der Waals surface area contributed by atoms with Crippen LogP contribution in [0.25, 0.3) is 0 Å². The Morgan fingerprint density at radius 1 is 1.37 bits per heavy atom. The van der Waals surface area contributed by atoms with Gasteiger partial charge in [0.2, 0.25) is 0 Å². The topological polar surface area (TPSA) is 42.0 Å². The molecule has 1 amide bonds. The molecule has 1 aromatic carbocycles. The molecule has 0 fully saturated rings. The van der Waals surface area contributed by atoms with E-state index in [0.717, 1.165) is 6.07 Å². The Morgan fingerprint density at radius 3 is 2.74 bits per heavy atom. The molecule has 0 radical (unpaired) electrons. The molecule has 0 atom stereocenters. The number of anilines is 1. The summed E-state index contributed by atoms with van der Waals surface area (Å²) >= 11 is 8.78. The summed E-state index contributed by atoms with van der Waals surface area (Å²) in [5.41, 5.74) is -0.00781. The first-order chi connectivity index (χ1) is 8.99. The Morgan fingerprint density at radius 2 is 2.11 bits per heavy atom. The zero-order valence-electron chi connectivity index (χ0n) is 9.25. The number of carbonyl (C=O) groups is 1. The van der Waals surface area contributed by atoms with Crippen molar-refractivity contribution >= 4 is 39.1 Å². The number of aromatic nitrogens is 1. The third kappa shape index (κ3) is 3.08. The van der Waals surface area contributed by atoms with Crippen LogP contribution in [0.1, 0.15) is 10.4 Å². The van der Waals surface area contributed by atoms with Gasteiger partial charge in [0.25, 0.3) is 5.91 Å². The molecular weight excluding hydrogens is 341 g/mol. The number of hydrogen-bond acceptors (Lipinski definition) is 2. The van der Waals surface area contributed by atoms with Crippen LogP contribution in [0, 0.1) is 11.6 Å². The molecule has 1 N–H and O–H groups in total. The number of nitrogens with one attached hydrogen (secondary N) is 1. The fourth-order valence-corrected chi connectivity index (χ4v) is 2.11. The summed E-state index contributed by atoms with van der Waals surface area (Å²) in [5.74, 6) is -2.24.